The lowest BCUT2D eigenvalue weighted by Crippen LogP contribution is -2.27. The molecule has 4 nitrogen and oxygen atoms in total. The van der Waals surface area contributed by atoms with Crippen LogP contribution in [-0.4, -0.2) is 26.7 Å². The molecule has 1 fully saturated rings. The van der Waals surface area contributed by atoms with Crippen LogP contribution in [0.25, 0.3) is 0 Å². The first kappa shape index (κ1) is 14.2. The monoisotopic (exact) mass is 327 g/mol. The van der Waals surface area contributed by atoms with Gasteiger partial charge in [-0.1, -0.05) is 15.9 Å². The Balaban J connectivity index is 1.96. The van der Waals surface area contributed by atoms with E-state index in [1.807, 2.05) is 12.1 Å². The van der Waals surface area contributed by atoms with E-state index < -0.39 is 0 Å². The van der Waals surface area contributed by atoms with Crippen LogP contribution in [0.15, 0.2) is 16.6 Å². The van der Waals surface area contributed by atoms with Gasteiger partial charge in [-0.25, -0.2) is 0 Å². The maximum Gasteiger partial charge on any atom is 0.223 e. The minimum absolute atomic E-state index is 0.177. The van der Waals surface area contributed by atoms with Gasteiger partial charge in [0.05, 0.1) is 14.2 Å². The second-order valence-corrected chi connectivity index (χ2v) is 5.47. The summed E-state index contributed by atoms with van der Waals surface area (Å²) in [4.78, 5) is 11.5. The fourth-order valence-corrected chi connectivity index (χ4v) is 2.42. The highest BCUT2D eigenvalue weighted by molar-refractivity contribution is 9.10. The molecule has 0 unspecified atom stereocenters. The van der Waals surface area contributed by atoms with Gasteiger partial charge >= 0.3 is 0 Å². The number of benzene rings is 1. The molecule has 0 spiro atoms. The van der Waals surface area contributed by atoms with E-state index in [9.17, 15) is 4.79 Å². The molecule has 1 aliphatic carbocycles. The van der Waals surface area contributed by atoms with Crippen LogP contribution < -0.4 is 14.8 Å². The van der Waals surface area contributed by atoms with Crippen molar-refractivity contribution in [3.8, 4) is 11.5 Å². The first-order valence-electron chi connectivity index (χ1n) is 6.33. The van der Waals surface area contributed by atoms with E-state index in [1.54, 1.807) is 14.2 Å². The Morgan fingerprint density at radius 1 is 1.32 bits per heavy atom. The number of hydrogen-bond donors (Lipinski definition) is 1. The highest BCUT2D eigenvalue weighted by atomic mass is 79.9. The average Bonchev–Trinajstić information content (AvgIpc) is 3.24. The number of carbonyl (C=O) groups is 1. The molecule has 0 bridgehead atoms. The smallest absolute Gasteiger partial charge is 0.223 e. The van der Waals surface area contributed by atoms with E-state index in [0.717, 1.165) is 29.3 Å². The maximum atomic E-state index is 11.5. The molecule has 1 amide bonds. The number of hydrogen-bond acceptors (Lipinski definition) is 3. The highest BCUT2D eigenvalue weighted by Gasteiger charge is 2.29. The van der Waals surface area contributed by atoms with Gasteiger partial charge in [0.1, 0.15) is 0 Å². The second kappa shape index (κ2) is 6.28. The van der Waals surface area contributed by atoms with Crippen molar-refractivity contribution in [3.05, 3.63) is 22.2 Å². The molecule has 1 saturated carbocycles. The molecular formula is C14H18BrNO3. The van der Waals surface area contributed by atoms with Crippen molar-refractivity contribution >= 4 is 21.8 Å². The zero-order chi connectivity index (χ0) is 13.8. The zero-order valence-corrected chi connectivity index (χ0v) is 12.7. The Morgan fingerprint density at radius 2 is 1.95 bits per heavy atom. The van der Waals surface area contributed by atoms with E-state index >= 15 is 0 Å². The molecule has 1 aromatic rings. The molecular weight excluding hydrogens is 310 g/mol. The van der Waals surface area contributed by atoms with E-state index in [-0.39, 0.29) is 11.8 Å². The lowest BCUT2D eigenvalue weighted by Gasteiger charge is -2.12. The van der Waals surface area contributed by atoms with Crippen LogP contribution in [0.1, 0.15) is 18.4 Å². The van der Waals surface area contributed by atoms with Gasteiger partial charge in [-0.05, 0) is 37.0 Å². The third-order valence-electron chi connectivity index (χ3n) is 3.19. The van der Waals surface area contributed by atoms with Crippen LogP contribution in [0, 0.1) is 5.92 Å². The summed E-state index contributed by atoms with van der Waals surface area (Å²) in [7, 11) is 3.23. The number of ether oxygens (including phenoxy) is 2. The van der Waals surface area contributed by atoms with Crippen LogP contribution in [-0.2, 0) is 11.2 Å². The van der Waals surface area contributed by atoms with Crippen molar-refractivity contribution < 1.29 is 14.3 Å². The van der Waals surface area contributed by atoms with Gasteiger partial charge in [-0.2, -0.15) is 0 Å². The molecule has 104 valence electrons. The lowest BCUT2D eigenvalue weighted by atomic mass is 10.1. The van der Waals surface area contributed by atoms with E-state index in [1.165, 1.54) is 0 Å². The number of rotatable bonds is 6. The van der Waals surface area contributed by atoms with Crippen molar-refractivity contribution in [1.82, 2.24) is 5.32 Å². The van der Waals surface area contributed by atoms with Crippen molar-refractivity contribution in [2.45, 2.75) is 19.3 Å². The molecule has 0 saturated heterocycles. The molecule has 5 heteroatoms. The van der Waals surface area contributed by atoms with Crippen LogP contribution in [0.4, 0.5) is 0 Å². The van der Waals surface area contributed by atoms with Gasteiger partial charge in [0, 0.05) is 16.9 Å². The predicted molar refractivity (Wildman–Crippen MR) is 76.7 cm³/mol. The summed E-state index contributed by atoms with van der Waals surface area (Å²) in [5, 5.41) is 2.95. The first-order chi connectivity index (χ1) is 9.15. The summed E-state index contributed by atoms with van der Waals surface area (Å²) in [6.07, 6.45) is 2.83. The van der Waals surface area contributed by atoms with Crippen molar-refractivity contribution in [1.29, 1.82) is 0 Å². The predicted octanol–water partition coefficient (Wildman–Crippen LogP) is 2.54. The third kappa shape index (κ3) is 3.62. The van der Waals surface area contributed by atoms with Crippen molar-refractivity contribution in [3.63, 3.8) is 0 Å². The molecule has 19 heavy (non-hydrogen) atoms. The molecule has 0 heterocycles. The molecule has 1 N–H and O–H groups in total. The van der Waals surface area contributed by atoms with Gasteiger partial charge in [-0.3, -0.25) is 4.79 Å². The maximum absolute atomic E-state index is 11.5. The van der Waals surface area contributed by atoms with Crippen molar-refractivity contribution in [2.75, 3.05) is 20.8 Å². The third-order valence-corrected chi connectivity index (χ3v) is 3.93. The second-order valence-electron chi connectivity index (χ2n) is 4.61. The van der Waals surface area contributed by atoms with Crippen LogP contribution in [0.2, 0.25) is 0 Å². The fourth-order valence-electron chi connectivity index (χ4n) is 1.90. The summed E-state index contributed by atoms with van der Waals surface area (Å²) in [6, 6.07) is 3.82. The Kier molecular flexibility index (Phi) is 4.69. The highest BCUT2D eigenvalue weighted by Crippen LogP contribution is 2.33. The van der Waals surface area contributed by atoms with Gasteiger partial charge in [0.25, 0.3) is 0 Å². The topological polar surface area (TPSA) is 47.6 Å². The van der Waals surface area contributed by atoms with Crippen LogP contribution >= 0.6 is 15.9 Å². The standard InChI is InChI=1S/C14H18BrNO3/c1-18-12-7-10(11(15)8-13(12)19-2)5-6-16-14(17)9-3-4-9/h7-9H,3-6H2,1-2H3,(H,16,17). The molecule has 1 aliphatic rings. The van der Waals surface area contributed by atoms with E-state index in [0.29, 0.717) is 18.0 Å². The molecule has 1 aromatic carbocycles. The van der Waals surface area contributed by atoms with Gasteiger partial charge in [0.2, 0.25) is 5.91 Å². The fraction of sp³-hybridized carbons (Fsp3) is 0.500. The minimum Gasteiger partial charge on any atom is -0.493 e. The number of carbonyl (C=O) groups excluding carboxylic acids is 1. The summed E-state index contributed by atoms with van der Waals surface area (Å²) in [5.74, 6) is 1.83. The van der Waals surface area contributed by atoms with Crippen LogP contribution in [0.3, 0.4) is 0 Å². The molecule has 0 aromatic heterocycles. The molecule has 2 rings (SSSR count). The van der Waals surface area contributed by atoms with Gasteiger partial charge in [0.15, 0.2) is 11.5 Å². The molecule has 0 aliphatic heterocycles. The quantitative estimate of drug-likeness (QED) is 0.873. The summed E-state index contributed by atoms with van der Waals surface area (Å²) in [5.41, 5.74) is 1.09. The summed E-state index contributed by atoms with van der Waals surface area (Å²) < 4.78 is 11.5. The number of halogens is 1. The summed E-state index contributed by atoms with van der Waals surface area (Å²) >= 11 is 3.51. The van der Waals surface area contributed by atoms with E-state index in [2.05, 4.69) is 21.2 Å². The van der Waals surface area contributed by atoms with Crippen LogP contribution in [0.5, 0.6) is 11.5 Å². The largest absolute Gasteiger partial charge is 0.493 e. The van der Waals surface area contributed by atoms with E-state index in [4.69, 9.17) is 9.47 Å². The number of methoxy groups -OCH3 is 2. The zero-order valence-electron chi connectivity index (χ0n) is 11.2. The number of amides is 1. The van der Waals surface area contributed by atoms with Gasteiger partial charge < -0.3 is 14.8 Å². The van der Waals surface area contributed by atoms with Crippen molar-refractivity contribution in [2.24, 2.45) is 5.92 Å². The first-order valence-corrected chi connectivity index (χ1v) is 7.13. The Bertz CT molecular complexity index is 472. The Morgan fingerprint density at radius 3 is 2.53 bits per heavy atom. The SMILES string of the molecule is COc1cc(Br)c(CCNC(=O)C2CC2)cc1OC. The minimum atomic E-state index is 0.177. The van der Waals surface area contributed by atoms with Gasteiger partial charge in [-0.15, -0.1) is 0 Å². The molecule has 0 atom stereocenters. The normalized spacial score (nSPS) is 14.1. The Labute approximate surface area is 121 Å². The molecule has 0 radical (unpaired) electrons. The number of nitrogens with one attached hydrogen (secondary N) is 1. The average molecular weight is 328 g/mol. The lowest BCUT2D eigenvalue weighted by molar-refractivity contribution is -0.122. The summed E-state index contributed by atoms with van der Waals surface area (Å²) in [6.45, 7) is 0.642. The Hall–Kier alpha value is -1.23.